The lowest BCUT2D eigenvalue weighted by Gasteiger charge is -2.12. The van der Waals surface area contributed by atoms with E-state index in [1.165, 1.54) is 0 Å². The number of amides is 3. The van der Waals surface area contributed by atoms with Crippen LogP contribution in [0, 0.1) is 0 Å². The number of imide groups is 1. The zero-order valence-electron chi connectivity index (χ0n) is 14.3. The highest BCUT2D eigenvalue weighted by atomic mass is 79.9. The molecule has 0 spiro atoms. The van der Waals surface area contributed by atoms with Crippen LogP contribution in [-0.2, 0) is 9.59 Å². The van der Waals surface area contributed by atoms with Crippen molar-refractivity contribution in [3.05, 3.63) is 63.5 Å². The number of nitrogens with one attached hydrogen (secondary N) is 1. The Kier molecular flexibility index (Phi) is 6.41. The molecule has 1 fully saturated rings. The van der Waals surface area contributed by atoms with E-state index >= 15 is 0 Å². The van der Waals surface area contributed by atoms with E-state index in [4.69, 9.17) is 0 Å². The van der Waals surface area contributed by atoms with Gasteiger partial charge in [-0.3, -0.25) is 19.3 Å². The van der Waals surface area contributed by atoms with Crippen molar-refractivity contribution < 1.29 is 14.4 Å². The van der Waals surface area contributed by atoms with Gasteiger partial charge in [0.2, 0.25) is 5.91 Å². The van der Waals surface area contributed by atoms with E-state index in [1.54, 1.807) is 23.9 Å². The Labute approximate surface area is 173 Å². The molecular formula is C19H15BrN2O3S2. The molecule has 0 aromatic heterocycles. The molecule has 0 saturated carbocycles. The van der Waals surface area contributed by atoms with Crippen molar-refractivity contribution in [3.63, 3.8) is 0 Å². The Morgan fingerprint density at radius 3 is 2.74 bits per heavy atom. The Balaban J connectivity index is 1.69. The minimum Gasteiger partial charge on any atom is -0.324 e. The van der Waals surface area contributed by atoms with Gasteiger partial charge in [-0.15, -0.1) is 11.8 Å². The molecule has 3 rings (SSSR count). The van der Waals surface area contributed by atoms with E-state index in [0.29, 0.717) is 10.6 Å². The maximum atomic E-state index is 12.5. The van der Waals surface area contributed by atoms with Crippen LogP contribution in [0.4, 0.5) is 10.5 Å². The standard InChI is InChI=1S/C19H15BrN2O3S2/c1-26-15-7-3-6-14(10-15)21-17(23)11-22-18(24)16(27-19(22)25)9-12-4-2-5-13(20)8-12/h2-10H,11H2,1H3,(H,21,23)/b16-9+. The molecule has 5 nitrogen and oxygen atoms in total. The summed E-state index contributed by atoms with van der Waals surface area (Å²) in [5.74, 6) is -0.878. The molecule has 0 bridgehead atoms. The molecule has 0 atom stereocenters. The zero-order valence-corrected chi connectivity index (χ0v) is 17.5. The molecule has 3 amide bonds. The quantitative estimate of drug-likeness (QED) is 0.508. The average Bonchev–Trinajstić information content (AvgIpc) is 2.89. The third-order valence-corrected chi connectivity index (χ3v) is 5.80. The molecule has 1 N–H and O–H groups in total. The second kappa shape index (κ2) is 8.77. The van der Waals surface area contributed by atoms with Crippen molar-refractivity contribution in [3.8, 4) is 0 Å². The number of thioether (sulfide) groups is 2. The first kappa shape index (κ1) is 19.7. The third kappa shape index (κ3) is 5.03. The lowest BCUT2D eigenvalue weighted by molar-refractivity contribution is -0.127. The van der Waals surface area contributed by atoms with Crippen LogP contribution in [0.3, 0.4) is 0 Å². The largest absolute Gasteiger partial charge is 0.324 e. The minimum atomic E-state index is -0.460. The number of nitrogens with zero attached hydrogens (tertiary/aromatic N) is 1. The van der Waals surface area contributed by atoms with Gasteiger partial charge >= 0.3 is 0 Å². The SMILES string of the molecule is CSc1cccc(NC(=O)CN2C(=O)S/C(=C/c3cccc(Br)c3)C2=O)c1. The van der Waals surface area contributed by atoms with Gasteiger partial charge < -0.3 is 5.32 Å². The van der Waals surface area contributed by atoms with Crippen LogP contribution in [0.15, 0.2) is 62.8 Å². The lowest BCUT2D eigenvalue weighted by atomic mass is 10.2. The molecule has 138 valence electrons. The van der Waals surface area contributed by atoms with Gasteiger partial charge in [0.25, 0.3) is 11.1 Å². The van der Waals surface area contributed by atoms with Crippen LogP contribution in [-0.4, -0.2) is 34.8 Å². The fourth-order valence-corrected chi connectivity index (χ4v) is 4.14. The maximum Gasteiger partial charge on any atom is 0.294 e. The third-order valence-electron chi connectivity index (χ3n) is 3.68. The van der Waals surface area contributed by atoms with Gasteiger partial charge in [0.1, 0.15) is 6.54 Å². The van der Waals surface area contributed by atoms with Gasteiger partial charge in [-0.25, -0.2) is 0 Å². The molecule has 1 aliphatic rings. The highest BCUT2D eigenvalue weighted by Crippen LogP contribution is 2.32. The summed E-state index contributed by atoms with van der Waals surface area (Å²) in [5.41, 5.74) is 1.43. The number of carbonyl (C=O) groups excluding carboxylic acids is 3. The van der Waals surface area contributed by atoms with Crippen LogP contribution in [0.2, 0.25) is 0 Å². The molecule has 0 aliphatic carbocycles. The first-order valence-corrected chi connectivity index (χ1v) is 10.7. The first-order chi connectivity index (χ1) is 13.0. The van der Waals surface area contributed by atoms with Gasteiger partial charge in [0.05, 0.1) is 4.91 Å². The molecule has 0 radical (unpaired) electrons. The van der Waals surface area contributed by atoms with Crippen molar-refractivity contribution in [1.82, 2.24) is 4.90 Å². The van der Waals surface area contributed by atoms with Crippen LogP contribution >= 0.6 is 39.5 Å². The predicted octanol–water partition coefficient (Wildman–Crippen LogP) is 4.85. The zero-order chi connectivity index (χ0) is 19.4. The molecule has 0 unspecified atom stereocenters. The van der Waals surface area contributed by atoms with Crippen molar-refractivity contribution in [2.75, 3.05) is 18.1 Å². The van der Waals surface area contributed by atoms with Gasteiger partial charge in [0.15, 0.2) is 0 Å². The van der Waals surface area contributed by atoms with E-state index in [-0.39, 0.29) is 6.54 Å². The Morgan fingerprint density at radius 1 is 1.22 bits per heavy atom. The fraction of sp³-hybridized carbons (Fsp3) is 0.105. The monoisotopic (exact) mass is 462 g/mol. The molecule has 2 aromatic rings. The number of rotatable bonds is 5. The predicted molar refractivity (Wildman–Crippen MR) is 114 cm³/mol. The van der Waals surface area contributed by atoms with E-state index in [1.807, 2.05) is 48.7 Å². The number of benzene rings is 2. The van der Waals surface area contributed by atoms with Gasteiger partial charge in [0, 0.05) is 15.1 Å². The molecular weight excluding hydrogens is 448 g/mol. The second-order valence-electron chi connectivity index (χ2n) is 5.60. The molecule has 1 aliphatic heterocycles. The van der Waals surface area contributed by atoms with Crippen molar-refractivity contribution >= 4 is 68.3 Å². The first-order valence-electron chi connectivity index (χ1n) is 7.91. The Morgan fingerprint density at radius 2 is 2.00 bits per heavy atom. The normalized spacial score (nSPS) is 15.5. The summed E-state index contributed by atoms with van der Waals surface area (Å²) in [6.07, 6.45) is 3.59. The summed E-state index contributed by atoms with van der Waals surface area (Å²) in [5, 5.41) is 2.27. The molecule has 27 heavy (non-hydrogen) atoms. The van der Waals surface area contributed by atoms with E-state index < -0.39 is 17.1 Å². The minimum absolute atomic E-state index is 0.301. The van der Waals surface area contributed by atoms with E-state index in [9.17, 15) is 14.4 Å². The smallest absolute Gasteiger partial charge is 0.294 e. The highest BCUT2D eigenvalue weighted by Gasteiger charge is 2.36. The highest BCUT2D eigenvalue weighted by molar-refractivity contribution is 9.10. The summed E-state index contributed by atoms with van der Waals surface area (Å²) >= 11 is 5.77. The molecule has 1 heterocycles. The van der Waals surface area contributed by atoms with Gasteiger partial charge in [-0.05, 0) is 60.0 Å². The summed E-state index contributed by atoms with van der Waals surface area (Å²) < 4.78 is 0.877. The van der Waals surface area contributed by atoms with Crippen molar-refractivity contribution in [2.45, 2.75) is 4.90 Å². The van der Waals surface area contributed by atoms with Crippen LogP contribution in [0.1, 0.15) is 5.56 Å². The molecule has 2 aromatic carbocycles. The lowest BCUT2D eigenvalue weighted by Crippen LogP contribution is -2.36. The fourth-order valence-electron chi connectivity index (χ4n) is 2.43. The number of carbonyl (C=O) groups is 3. The average molecular weight is 463 g/mol. The number of hydrogen-bond acceptors (Lipinski definition) is 5. The van der Waals surface area contributed by atoms with Crippen LogP contribution in [0.25, 0.3) is 6.08 Å². The van der Waals surface area contributed by atoms with Crippen LogP contribution in [0.5, 0.6) is 0 Å². The van der Waals surface area contributed by atoms with E-state index in [0.717, 1.165) is 31.6 Å². The summed E-state index contributed by atoms with van der Waals surface area (Å²) in [4.78, 5) is 39.2. The van der Waals surface area contributed by atoms with Gasteiger partial charge in [-0.2, -0.15) is 0 Å². The number of hydrogen-bond donors (Lipinski definition) is 1. The van der Waals surface area contributed by atoms with Gasteiger partial charge in [-0.1, -0.05) is 34.1 Å². The van der Waals surface area contributed by atoms with Crippen molar-refractivity contribution in [1.29, 1.82) is 0 Å². The summed E-state index contributed by atoms with van der Waals surface area (Å²) in [7, 11) is 0. The topological polar surface area (TPSA) is 66.5 Å². The Hall–Kier alpha value is -2.03. The number of anilines is 1. The molecule has 1 saturated heterocycles. The van der Waals surface area contributed by atoms with E-state index in [2.05, 4.69) is 21.2 Å². The molecule has 8 heteroatoms. The Bertz CT molecular complexity index is 946. The summed E-state index contributed by atoms with van der Waals surface area (Å²) in [6.45, 7) is -0.315. The maximum absolute atomic E-state index is 12.5. The van der Waals surface area contributed by atoms with Crippen molar-refractivity contribution in [2.24, 2.45) is 0 Å². The van der Waals surface area contributed by atoms with Crippen LogP contribution < -0.4 is 5.32 Å². The summed E-state index contributed by atoms with van der Waals surface area (Å²) in [6, 6.07) is 14.8. The number of halogens is 1. The second-order valence-corrected chi connectivity index (χ2v) is 8.39.